The molecular weight excluding hydrogens is 823 g/mol. The average Bonchev–Trinajstić information content (AvgIpc) is 3.43. The van der Waals surface area contributed by atoms with Gasteiger partial charge in [-0.25, -0.2) is 15.0 Å². The number of rotatable bonds is 7. The van der Waals surface area contributed by atoms with E-state index in [1.54, 1.807) is 0 Å². The Morgan fingerprint density at radius 1 is 0.176 bits per heavy atom. The molecule has 1 aromatic heterocycles. The van der Waals surface area contributed by atoms with Gasteiger partial charge in [0.1, 0.15) is 0 Å². The van der Waals surface area contributed by atoms with Crippen molar-refractivity contribution in [2.75, 3.05) is 0 Å². The zero-order valence-electron chi connectivity index (χ0n) is 37.0. The lowest BCUT2D eigenvalue weighted by Gasteiger charge is -2.16. The lowest BCUT2D eigenvalue weighted by atomic mass is 9.89. The standard InChI is InChI=1S/C65H41N3/c1-3-16-42(17-4-1)44-30-32-45(33-31-44)63-66-64(49-22-15-21-46(36-49)43-18-5-2-6-19-43)68-65(67-63)52-38-50(37-51(39-52)61-41-48-20-7-8-23-53(48)54-24-9-13-28-58(54)61)47-34-35-60-57-27-11-10-25-55(57)56-26-12-14-29-59(56)62(60)40-47/h1-41H. The van der Waals surface area contributed by atoms with Crippen molar-refractivity contribution in [3.63, 3.8) is 0 Å². The smallest absolute Gasteiger partial charge is 0.164 e. The van der Waals surface area contributed by atoms with Gasteiger partial charge in [-0.05, 0) is 135 Å². The summed E-state index contributed by atoms with van der Waals surface area (Å²) in [6, 6.07) is 89.2. The van der Waals surface area contributed by atoms with Crippen molar-refractivity contribution >= 4 is 53.9 Å². The average molecular weight is 864 g/mol. The molecule has 0 fully saturated rings. The van der Waals surface area contributed by atoms with Crippen LogP contribution in [0.1, 0.15) is 0 Å². The second kappa shape index (κ2) is 16.4. The molecule has 68 heavy (non-hydrogen) atoms. The van der Waals surface area contributed by atoms with E-state index in [9.17, 15) is 0 Å². The van der Waals surface area contributed by atoms with E-state index in [0.29, 0.717) is 17.5 Å². The van der Waals surface area contributed by atoms with Crippen molar-refractivity contribution in [2.24, 2.45) is 0 Å². The summed E-state index contributed by atoms with van der Waals surface area (Å²) in [6.45, 7) is 0. The van der Waals surface area contributed by atoms with Crippen LogP contribution in [-0.4, -0.2) is 15.0 Å². The molecular formula is C65H41N3. The molecule has 13 aromatic rings. The van der Waals surface area contributed by atoms with Gasteiger partial charge in [-0.1, -0.05) is 212 Å². The molecule has 0 saturated carbocycles. The molecule has 0 unspecified atom stereocenters. The Bertz CT molecular complexity index is 4030. The van der Waals surface area contributed by atoms with Gasteiger partial charge in [0.15, 0.2) is 17.5 Å². The molecule has 0 radical (unpaired) electrons. The maximum atomic E-state index is 5.38. The number of aromatic nitrogens is 3. The highest BCUT2D eigenvalue weighted by Gasteiger charge is 2.18. The molecule has 1 heterocycles. The highest BCUT2D eigenvalue weighted by molar-refractivity contribution is 6.26. The van der Waals surface area contributed by atoms with E-state index in [-0.39, 0.29) is 0 Å². The highest BCUT2D eigenvalue weighted by atomic mass is 15.0. The zero-order chi connectivity index (χ0) is 45.0. The third kappa shape index (κ3) is 6.97. The summed E-state index contributed by atoms with van der Waals surface area (Å²) in [5.74, 6) is 1.83. The molecule has 0 amide bonds. The van der Waals surface area contributed by atoms with Gasteiger partial charge in [0.2, 0.25) is 0 Å². The summed E-state index contributed by atoms with van der Waals surface area (Å²) in [6.07, 6.45) is 0. The summed E-state index contributed by atoms with van der Waals surface area (Å²) in [7, 11) is 0. The van der Waals surface area contributed by atoms with Crippen LogP contribution >= 0.6 is 0 Å². The van der Waals surface area contributed by atoms with Gasteiger partial charge in [0.25, 0.3) is 0 Å². The van der Waals surface area contributed by atoms with E-state index >= 15 is 0 Å². The van der Waals surface area contributed by atoms with Gasteiger partial charge < -0.3 is 0 Å². The Hall–Kier alpha value is -9.05. The van der Waals surface area contributed by atoms with Crippen molar-refractivity contribution in [3.8, 4) is 78.7 Å². The van der Waals surface area contributed by atoms with E-state index in [4.69, 9.17) is 15.0 Å². The molecule has 316 valence electrons. The number of hydrogen-bond acceptors (Lipinski definition) is 3. The summed E-state index contributed by atoms with van der Waals surface area (Å²) in [4.78, 5) is 16.0. The van der Waals surface area contributed by atoms with Crippen LogP contribution in [0.2, 0.25) is 0 Å². The van der Waals surface area contributed by atoms with Gasteiger partial charge in [-0.2, -0.15) is 0 Å². The van der Waals surface area contributed by atoms with Gasteiger partial charge in [0, 0.05) is 16.7 Å². The van der Waals surface area contributed by atoms with Gasteiger partial charge >= 0.3 is 0 Å². The first-order chi connectivity index (χ1) is 33.7. The topological polar surface area (TPSA) is 38.7 Å². The van der Waals surface area contributed by atoms with Crippen molar-refractivity contribution in [3.05, 3.63) is 249 Å². The van der Waals surface area contributed by atoms with E-state index in [1.165, 1.54) is 53.9 Å². The fourth-order valence-corrected chi connectivity index (χ4v) is 10.1. The van der Waals surface area contributed by atoms with E-state index < -0.39 is 0 Å². The van der Waals surface area contributed by atoms with E-state index in [2.05, 4.69) is 237 Å². The van der Waals surface area contributed by atoms with Crippen LogP contribution in [0.15, 0.2) is 249 Å². The highest BCUT2D eigenvalue weighted by Crippen LogP contribution is 2.42. The van der Waals surface area contributed by atoms with Gasteiger partial charge in [0.05, 0.1) is 0 Å². The zero-order valence-corrected chi connectivity index (χ0v) is 37.0. The fraction of sp³-hybridized carbons (Fsp3) is 0. The maximum Gasteiger partial charge on any atom is 0.164 e. The van der Waals surface area contributed by atoms with Crippen LogP contribution in [0.3, 0.4) is 0 Å². The molecule has 0 bridgehead atoms. The molecule has 0 N–H and O–H groups in total. The quantitative estimate of drug-likeness (QED) is 0.150. The van der Waals surface area contributed by atoms with Crippen molar-refractivity contribution in [2.45, 2.75) is 0 Å². The van der Waals surface area contributed by atoms with Crippen molar-refractivity contribution < 1.29 is 0 Å². The normalized spacial score (nSPS) is 11.5. The summed E-state index contributed by atoms with van der Waals surface area (Å²) < 4.78 is 0. The molecule has 3 nitrogen and oxygen atoms in total. The molecule has 0 aliphatic heterocycles. The largest absolute Gasteiger partial charge is 0.208 e. The monoisotopic (exact) mass is 863 g/mol. The Labute approximate surface area is 394 Å². The van der Waals surface area contributed by atoms with Crippen LogP contribution < -0.4 is 0 Å². The third-order valence-electron chi connectivity index (χ3n) is 13.5. The number of nitrogens with zero attached hydrogens (tertiary/aromatic N) is 3. The van der Waals surface area contributed by atoms with Gasteiger partial charge in [-0.3, -0.25) is 0 Å². The lowest BCUT2D eigenvalue weighted by Crippen LogP contribution is -2.01. The molecule has 13 rings (SSSR count). The molecule has 0 atom stereocenters. The molecule has 0 saturated heterocycles. The summed E-state index contributed by atoms with van der Waals surface area (Å²) in [5, 5.41) is 12.3. The minimum absolute atomic E-state index is 0.604. The van der Waals surface area contributed by atoms with Crippen molar-refractivity contribution in [1.82, 2.24) is 15.0 Å². The third-order valence-corrected chi connectivity index (χ3v) is 13.5. The van der Waals surface area contributed by atoms with Gasteiger partial charge in [-0.15, -0.1) is 0 Å². The van der Waals surface area contributed by atoms with Crippen LogP contribution in [0, 0.1) is 0 Å². The summed E-state index contributed by atoms with van der Waals surface area (Å²) >= 11 is 0. The minimum atomic E-state index is 0.604. The first-order valence-electron chi connectivity index (χ1n) is 23.2. The van der Waals surface area contributed by atoms with Crippen LogP contribution in [0.5, 0.6) is 0 Å². The Balaban J connectivity index is 1.06. The van der Waals surface area contributed by atoms with Crippen molar-refractivity contribution in [1.29, 1.82) is 0 Å². The first kappa shape index (κ1) is 39.3. The minimum Gasteiger partial charge on any atom is -0.208 e. The Morgan fingerprint density at radius 3 is 1.22 bits per heavy atom. The second-order valence-electron chi connectivity index (χ2n) is 17.5. The van der Waals surface area contributed by atoms with Crippen LogP contribution in [0.25, 0.3) is 133 Å². The second-order valence-corrected chi connectivity index (χ2v) is 17.5. The van der Waals surface area contributed by atoms with Crippen LogP contribution in [-0.2, 0) is 0 Å². The SMILES string of the molecule is c1ccc(-c2ccc(-c3nc(-c4cccc(-c5ccccc5)c4)nc(-c4cc(-c5ccc6c7ccccc7c7ccccc7c6c5)cc(-c5cc6ccccc6c6ccccc56)c4)n3)cc2)cc1. The Morgan fingerprint density at radius 2 is 0.559 bits per heavy atom. The molecule has 0 aliphatic carbocycles. The number of benzene rings is 12. The molecule has 3 heteroatoms. The summed E-state index contributed by atoms with van der Waals surface area (Å²) in [5.41, 5.74) is 11.7. The number of fused-ring (bicyclic) bond motifs is 9. The van der Waals surface area contributed by atoms with E-state index in [0.717, 1.165) is 61.2 Å². The maximum absolute atomic E-state index is 5.38. The van der Waals surface area contributed by atoms with E-state index in [1.807, 2.05) is 12.1 Å². The molecule has 12 aromatic carbocycles. The number of hydrogen-bond donors (Lipinski definition) is 0. The molecule has 0 aliphatic rings. The predicted molar refractivity (Wildman–Crippen MR) is 285 cm³/mol. The predicted octanol–water partition coefficient (Wildman–Crippen LogP) is 17.3. The lowest BCUT2D eigenvalue weighted by molar-refractivity contribution is 1.07. The first-order valence-corrected chi connectivity index (χ1v) is 23.2. The molecule has 0 spiro atoms. The van der Waals surface area contributed by atoms with Crippen LogP contribution in [0.4, 0.5) is 0 Å². The Kier molecular flexibility index (Phi) is 9.50. The fourth-order valence-electron chi connectivity index (χ4n) is 10.1.